The molecule has 2 aromatic rings. The fraction of sp³-hybridized carbons (Fsp3) is 0.533. The van der Waals surface area contributed by atoms with E-state index in [1.807, 2.05) is 25.1 Å². The van der Waals surface area contributed by atoms with Gasteiger partial charge in [-0.05, 0) is 86.8 Å². The summed E-state index contributed by atoms with van der Waals surface area (Å²) in [7, 11) is 0. The Morgan fingerprint density at radius 3 is 2.50 bits per heavy atom. The van der Waals surface area contributed by atoms with Gasteiger partial charge in [0.05, 0.1) is 44.7 Å². The maximum Gasteiger partial charge on any atom is 0.410 e. The molecule has 1 fully saturated rings. The smallest absolute Gasteiger partial charge is 0.410 e. The SMILES string of the molecule is C=CCCOC(=O)N(CCOCCO)C1CC(=NOCC)C2=CC(CCCCO)C(CCCCO)C3c4cc(Oc5cccc(C=O)c5)ccc4OC1(OCC=C)C23. The van der Waals surface area contributed by atoms with E-state index in [4.69, 9.17) is 33.7 Å². The Morgan fingerprint density at radius 2 is 1.78 bits per heavy atom. The van der Waals surface area contributed by atoms with E-state index in [0.717, 1.165) is 43.1 Å². The second kappa shape index (κ2) is 22.6. The Hall–Kier alpha value is -4.53. The first kappa shape index (κ1) is 44.6. The topological polar surface area (TPSA) is 166 Å². The molecule has 0 aromatic heterocycles. The van der Waals surface area contributed by atoms with Crippen LogP contribution in [0, 0.1) is 17.8 Å². The largest absolute Gasteiger partial charge is 0.459 e. The third-order valence-corrected chi connectivity index (χ3v) is 11.0. The van der Waals surface area contributed by atoms with Gasteiger partial charge in [-0.25, -0.2) is 4.79 Å². The number of carbonyl (C=O) groups is 2. The van der Waals surface area contributed by atoms with E-state index in [1.165, 1.54) is 0 Å². The number of allylic oxidation sites excluding steroid dienone is 1. The average Bonchev–Trinajstić information content (AvgIpc) is 3.24. The minimum atomic E-state index is -1.48. The number of aliphatic hydroxyl groups is 3. The van der Waals surface area contributed by atoms with Crippen LogP contribution in [0.3, 0.4) is 0 Å². The van der Waals surface area contributed by atoms with Crippen LogP contribution in [0.2, 0.25) is 0 Å². The molecule has 3 N–H and O–H groups in total. The van der Waals surface area contributed by atoms with Crippen molar-refractivity contribution in [2.75, 3.05) is 59.4 Å². The van der Waals surface area contributed by atoms with Crippen LogP contribution in [-0.4, -0.2) is 110 Å². The number of hydrogen-bond donors (Lipinski definition) is 3. The van der Waals surface area contributed by atoms with Gasteiger partial charge >= 0.3 is 6.09 Å². The second-order valence-corrected chi connectivity index (χ2v) is 14.7. The molecule has 2 aliphatic carbocycles. The third-order valence-electron chi connectivity index (χ3n) is 11.0. The Bertz CT molecular complexity index is 1730. The van der Waals surface area contributed by atoms with Crippen LogP contribution in [0.4, 0.5) is 4.79 Å². The molecule has 6 unspecified atom stereocenters. The van der Waals surface area contributed by atoms with Crippen molar-refractivity contribution >= 4 is 18.1 Å². The maximum atomic E-state index is 14.3. The first-order valence-electron chi connectivity index (χ1n) is 20.6. The van der Waals surface area contributed by atoms with Crippen molar-refractivity contribution in [2.24, 2.45) is 22.9 Å². The van der Waals surface area contributed by atoms with Gasteiger partial charge in [-0.1, -0.05) is 48.4 Å². The summed E-state index contributed by atoms with van der Waals surface area (Å²) in [6.07, 6.45) is 10.9. The van der Waals surface area contributed by atoms with Gasteiger partial charge in [0.2, 0.25) is 5.79 Å². The highest BCUT2D eigenvalue weighted by atomic mass is 16.7. The van der Waals surface area contributed by atoms with Crippen molar-refractivity contribution in [3.63, 3.8) is 0 Å². The Labute approximate surface area is 341 Å². The average molecular weight is 805 g/mol. The minimum absolute atomic E-state index is 0.00923. The van der Waals surface area contributed by atoms with E-state index in [9.17, 15) is 24.9 Å². The molecule has 0 bridgehead atoms. The Balaban J connectivity index is 1.76. The van der Waals surface area contributed by atoms with Gasteiger partial charge in [0.25, 0.3) is 0 Å². The van der Waals surface area contributed by atoms with Crippen LogP contribution in [0.15, 0.2) is 84.6 Å². The normalized spacial score (nSPS) is 23.8. The number of nitrogens with zero attached hydrogens (tertiary/aromatic N) is 2. The van der Waals surface area contributed by atoms with Crippen molar-refractivity contribution < 1.29 is 53.4 Å². The van der Waals surface area contributed by atoms with Crippen molar-refractivity contribution in [3.05, 3.63) is 90.6 Å². The monoisotopic (exact) mass is 804 g/mol. The van der Waals surface area contributed by atoms with Gasteiger partial charge in [-0.2, -0.15) is 0 Å². The molecule has 0 saturated heterocycles. The highest BCUT2D eigenvalue weighted by Gasteiger charge is 2.65. The summed E-state index contributed by atoms with van der Waals surface area (Å²) in [5, 5.41) is 33.9. The molecule has 13 heteroatoms. The molecule has 6 atom stereocenters. The molecule has 13 nitrogen and oxygen atoms in total. The molecule has 1 heterocycles. The Morgan fingerprint density at radius 1 is 0.983 bits per heavy atom. The van der Waals surface area contributed by atoms with Gasteiger partial charge in [0.1, 0.15) is 36.2 Å². The van der Waals surface area contributed by atoms with Crippen LogP contribution < -0.4 is 9.47 Å². The first-order chi connectivity index (χ1) is 28.4. The number of hydrogen-bond acceptors (Lipinski definition) is 12. The summed E-state index contributed by atoms with van der Waals surface area (Å²) in [5.41, 5.74) is 2.94. The second-order valence-electron chi connectivity index (χ2n) is 14.7. The van der Waals surface area contributed by atoms with Crippen LogP contribution >= 0.6 is 0 Å². The van der Waals surface area contributed by atoms with E-state index in [2.05, 4.69) is 19.2 Å². The van der Waals surface area contributed by atoms with E-state index < -0.39 is 23.8 Å². The molecular weight excluding hydrogens is 744 g/mol. The van der Waals surface area contributed by atoms with Gasteiger partial charge in [0, 0.05) is 43.2 Å². The zero-order valence-corrected chi connectivity index (χ0v) is 33.7. The zero-order valence-electron chi connectivity index (χ0n) is 33.7. The molecule has 2 aromatic carbocycles. The summed E-state index contributed by atoms with van der Waals surface area (Å²) in [6.45, 7) is 10.4. The summed E-state index contributed by atoms with van der Waals surface area (Å²) in [5.74, 6) is -0.596. The molecule has 1 amide bonds. The lowest BCUT2D eigenvalue weighted by Crippen LogP contribution is -2.70. The molecule has 316 valence electrons. The molecule has 1 aliphatic heterocycles. The lowest BCUT2D eigenvalue weighted by molar-refractivity contribution is -0.256. The number of rotatable bonds is 25. The van der Waals surface area contributed by atoms with E-state index >= 15 is 0 Å². The number of unbranched alkanes of at least 4 members (excludes halogenated alkanes) is 2. The summed E-state index contributed by atoms with van der Waals surface area (Å²) in [6, 6.07) is 11.8. The Kier molecular flexibility index (Phi) is 17.3. The van der Waals surface area contributed by atoms with E-state index in [1.54, 1.807) is 41.3 Å². The van der Waals surface area contributed by atoms with Crippen LogP contribution in [0.1, 0.15) is 80.1 Å². The standard InChI is InChI=1S/C45H60N2O11/c1-4-7-24-54-44(52)47(19-25-53-26-22-50)41-30-39(46-56-6-3)37-28-33(14-8-10-20-48)36(16-9-11-21-49)42-38-29-35(57-34-15-12-13-32(27-34)31-51)17-18-40(38)58-45(41,43(37)42)55-23-5-2/h4-5,12-13,15,17-18,27-29,31,33,36,41-43,48-50H,1-2,6-11,14,16,19-26,30H2,3H3. The summed E-state index contributed by atoms with van der Waals surface area (Å²) < 4.78 is 32.1. The number of oxime groups is 1. The first-order valence-corrected chi connectivity index (χ1v) is 20.6. The number of ether oxygens (including phenoxy) is 5. The maximum absolute atomic E-state index is 14.3. The number of aldehydes is 1. The quantitative estimate of drug-likeness (QED) is 0.0411. The van der Waals surface area contributed by atoms with Crippen molar-refractivity contribution in [2.45, 2.75) is 76.0 Å². The minimum Gasteiger partial charge on any atom is -0.459 e. The number of amides is 1. The van der Waals surface area contributed by atoms with Gasteiger partial charge in [0.15, 0.2) is 0 Å². The number of benzene rings is 2. The molecule has 58 heavy (non-hydrogen) atoms. The van der Waals surface area contributed by atoms with Crippen LogP contribution in [-0.2, 0) is 19.0 Å². The molecule has 0 spiro atoms. The van der Waals surface area contributed by atoms with Crippen molar-refractivity contribution in [3.8, 4) is 17.2 Å². The number of aliphatic hydroxyl groups excluding tert-OH is 3. The van der Waals surface area contributed by atoms with E-state index in [0.29, 0.717) is 54.4 Å². The molecule has 3 aliphatic rings. The predicted molar refractivity (Wildman–Crippen MR) is 219 cm³/mol. The van der Waals surface area contributed by atoms with Gasteiger partial charge in [-0.3, -0.25) is 9.69 Å². The summed E-state index contributed by atoms with van der Waals surface area (Å²) >= 11 is 0. The highest BCUT2D eigenvalue weighted by Crippen LogP contribution is 2.62. The van der Waals surface area contributed by atoms with Crippen molar-refractivity contribution in [1.82, 2.24) is 4.90 Å². The fourth-order valence-electron chi connectivity index (χ4n) is 8.66. The van der Waals surface area contributed by atoms with Gasteiger partial charge < -0.3 is 43.8 Å². The molecule has 5 rings (SSSR count). The van der Waals surface area contributed by atoms with Crippen LogP contribution in [0.25, 0.3) is 0 Å². The summed E-state index contributed by atoms with van der Waals surface area (Å²) in [4.78, 5) is 33.2. The number of fused-ring (bicyclic) bond motifs is 2. The predicted octanol–water partition coefficient (Wildman–Crippen LogP) is 6.97. The highest BCUT2D eigenvalue weighted by molar-refractivity contribution is 6.03. The number of carbonyl (C=O) groups excluding carboxylic acids is 2. The lowest BCUT2D eigenvalue weighted by Gasteiger charge is -2.59. The third kappa shape index (κ3) is 10.6. The fourth-order valence-corrected chi connectivity index (χ4v) is 8.66. The van der Waals surface area contributed by atoms with E-state index in [-0.39, 0.29) is 77.0 Å². The van der Waals surface area contributed by atoms with Crippen LogP contribution in [0.5, 0.6) is 17.2 Å². The molecular formula is C45H60N2O11. The zero-order chi connectivity index (χ0) is 41.3. The van der Waals surface area contributed by atoms with Crippen molar-refractivity contribution in [1.29, 1.82) is 0 Å². The molecule has 0 radical (unpaired) electrons. The van der Waals surface area contributed by atoms with Gasteiger partial charge in [-0.15, -0.1) is 13.2 Å². The lowest BCUT2D eigenvalue weighted by atomic mass is 9.55. The molecule has 1 saturated carbocycles.